The van der Waals surface area contributed by atoms with Gasteiger partial charge in [0.15, 0.2) is 11.9 Å². The van der Waals surface area contributed by atoms with Crippen LogP contribution in [0.3, 0.4) is 0 Å². The quantitative estimate of drug-likeness (QED) is 0.0256. The van der Waals surface area contributed by atoms with Crippen molar-refractivity contribution in [2.75, 3.05) is 19.6 Å². The first-order chi connectivity index (χ1) is 38.4. The van der Waals surface area contributed by atoms with E-state index in [1.165, 1.54) is 19.4 Å². The Bertz CT molecular complexity index is 2780. The van der Waals surface area contributed by atoms with Crippen molar-refractivity contribution in [3.8, 4) is 0 Å². The lowest BCUT2D eigenvalue weighted by Crippen LogP contribution is -2.62. The van der Waals surface area contributed by atoms with E-state index in [0.29, 0.717) is 16.8 Å². The van der Waals surface area contributed by atoms with E-state index in [1.54, 1.807) is 36.5 Å². The molecule has 0 bridgehead atoms. The second-order valence-corrected chi connectivity index (χ2v) is 20.0. The van der Waals surface area contributed by atoms with Crippen molar-refractivity contribution >= 4 is 70.1 Å². The molecule has 20 N–H and O–H groups in total. The summed E-state index contributed by atoms with van der Waals surface area (Å²) in [4.78, 5) is 131. The number of aliphatic hydroxyl groups is 1. The summed E-state index contributed by atoms with van der Waals surface area (Å²) in [6, 6.07) is 7.28. The van der Waals surface area contributed by atoms with Crippen molar-refractivity contribution in [2.24, 2.45) is 32.9 Å². The fourth-order valence-corrected chi connectivity index (χ4v) is 9.14. The molecule has 432 valence electrons. The molecule has 1 saturated heterocycles. The monoisotopic (exact) mass is 1110 g/mol. The molecule has 6 rings (SSSR count). The highest BCUT2D eigenvalue weighted by Crippen LogP contribution is 2.21. The number of amides is 8. The van der Waals surface area contributed by atoms with Gasteiger partial charge in [-0.3, -0.25) is 53.7 Å². The van der Waals surface area contributed by atoms with Crippen LogP contribution in [0.25, 0.3) is 10.9 Å². The fraction of sp³-hybridized carbons (Fsp3) is 0.491. The molecule has 8 amide bonds. The van der Waals surface area contributed by atoms with Gasteiger partial charge >= 0.3 is 0 Å². The number of aromatic amines is 2. The Morgan fingerprint density at radius 3 is 2.12 bits per heavy atom. The van der Waals surface area contributed by atoms with Gasteiger partial charge in [-0.1, -0.05) is 48.5 Å². The van der Waals surface area contributed by atoms with Crippen LogP contribution in [0.1, 0.15) is 88.0 Å². The van der Waals surface area contributed by atoms with Gasteiger partial charge in [0, 0.05) is 80.9 Å². The molecule has 27 heteroatoms. The van der Waals surface area contributed by atoms with Crippen molar-refractivity contribution in [3.05, 3.63) is 90.1 Å². The number of nitrogens with zero attached hydrogens (tertiary/aromatic N) is 3. The number of aromatic nitrogens is 3. The van der Waals surface area contributed by atoms with Gasteiger partial charge in [-0.2, -0.15) is 0 Å². The summed E-state index contributed by atoms with van der Waals surface area (Å²) in [5.41, 5.74) is 24.8. The number of para-hydroxylation sites is 1. The largest absolute Gasteiger partial charge is 0.376 e. The van der Waals surface area contributed by atoms with Gasteiger partial charge < -0.3 is 80.5 Å². The maximum absolute atomic E-state index is 14.9. The van der Waals surface area contributed by atoms with Gasteiger partial charge in [-0.05, 0) is 81.4 Å². The molecule has 8 unspecified atom stereocenters. The molecule has 80 heavy (non-hydrogen) atoms. The molecular weight excluding hydrogens is 1030 g/mol. The predicted molar refractivity (Wildman–Crippen MR) is 297 cm³/mol. The number of carbonyl (C=O) groups is 8. The van der Waals surface area contributed by atoms with Crippen LogP contribution in [0.4, 0.5) is 0 Å². The minimum absolute atomic E-state index is 0.0134. The zero-order valence-corrected chi connectivity index (χ0v) is 44.8. The van der Waals surface area contributed by atoms with Crippen LogP contribution in [0.15, 0.2) is 83.3 Å². The van der Waals surface area contributed by atoms with E-state index < -0.39 is 95.8 Å². The summed E-state index contributed by atoms with van der Waals surface area (Å²) in [7, 11) is 0. The molecule has 4 aromatic rings. The lowest BCUT2D eigenvalue weighted by atomic mass is 10.0. The van der Waals surface area contributed by atoms with Gasteiger partial charge in [0.25, 0.3) is 0 Å². The molecule has 0 spiro atoms. The Balaban J connectivity index is 1.37. The third-order valence-electron chi connectivity index (χ3n) is 13.5. The summed E-state index contributed by atoms with van der Waals surface area (Å²) in [6.45, 7) is 1.49. The molecule has 2 aliphatic rings. The molecule has 1 aliphatic carbocycles. The standard InChI is InChI=1S/C53H76N18O9/c1-30(72)64-37(14-8-22-60-52(54)55)46(75)68-40-19-20-44(73)59-21-7-15-38(45(74)65-33-17-18-33)66-50(79)42(25-32-27-62-36-13-6-5-12-35(32)36)70-47(76)39(16-9-23-61-53(56)57)67-49(78)41(24-31-10-3-2-4-11-31)69-51(80)43(71-48(40)77)26-34-28-58-29-63-34/h2-6,10-13,27-29,33,37-43,47,62,70,76H,7-9,14-26H2,1H3,(H,58,63)(H,59,73)(H,64,72)(H,65,74)(H,66,79)(H,67,78)(H,68,75)(H,69,80)(H,71,77)(H4,54,55,60)(H4,56,57,61). The van der Waals surface area contributed by atoms with Gasteiger partial charge in [0.1, 0.15) is 36.4 Å². The number of nitrogens with two attached hydrogens (primary N) is 4. The first-order valence-electron chi connectivity index (χ1n) is 26.9. The SMILES string of the molecule is CC(=O)NC(CCCN=C(N)N)C(=O)NC1CCC(=O)NCCCC(C(=O)NC2CC2)NC(=O)C(Cc2c[nH]c3ccccc23)NC(O)C(CCCN=C(N)N)NC(=O)C(Cc2ccccc2)NC(=O)C(Cc2cnc[nH]2)NC1=O. The third kappa shape index (κ3) is 20.0. The van der Waals surface area contributed by atoms with E-state index in [-0.39, 0.29) is 108 Å². The highest BCUT2D eigenvalue weighted by Gasteiger charge is 2.36. The number of fused-ring (bicyclic) bond motifs is 1. The zero-order valence-electron chi connectivity index (χ0n) is 44.8. The molecular formula is C53H76N18O9. The van der Waals surface area contributed by atoms with Crippen LogP contribution in [-0.2, 0) is 57.6 Å². The van der Waals surface area contributed by atoms with Crippen molar-refractivity contribution in [2.45, 2.75) is 145 Å². The molecule has 1 saturated carbocycles. The van der Waals surface area contributed by atoms with E-state index >= 15 is 0 Å². The van der Waals surface area contributed by atoms with Crippen LogP contribution >= 0.6 is 0 Å². The van der Waals surface area contributed by atoms with Crippen molar-refractivity contribution in [1.29, 1.82) is 0 Å². The van der Waals surface area contributed by atoms with Crippen LogP contribution in [-0.4, -0.2) is 153 Å². The van der Waals surface area contributed by atoms with Crippen molar-refractivity contribution in [3.63, 3.8) is 0 Å². The average molecular weight is 1110 g/mol. The Hall–Kier alpha value is -8.59. The average Bonchev–Trinajstić information content (AvgIpc) is 3.92. The van der Waals surface area contributed by atoms with Crippen LogP contribution in [0.2, 0.25) is 0 Å². The molecule has 8 atom stereocenters. The molecule has 0 radical (unpaired) electrons. The summed E-state index contributed by atoms with van der Waals surface area (Å²) >= 11 is 0. The van der Waals surface area contributed by atoms with Gasteiger partial charge in [-0.25, -0.2) is 4.98 Å². The van der Waals surface area contributed by atoms with Crippen LogP contribution in [0.5, 0.6) is 0 Å². The minimum atomic E-state index is -1.65. The van der Waals surface area contributed by atoms with E-state index in [1.807, 2.05) is 24.3 Å². The number of H-pyrrole nitrogens is 2. The molecule has 3 heterocycles. The van der Waals surface area contributed by atoms with Gasteiger partial charge in [0.05, 0.1) is 18.4 Å². The predicted octanol–water partition coefficient (Wildman–Crippen LogP) is -2.80. The smallest absolute Gasteiger partial charge is 0.243 e. The molecule has 27 nitrogen and oxygen atoms in total. The maximum atomic E-state index is 14.9. The molecule has 2 fully saturated rings. The molecule has 1 aliphatic heterocycles. The number of nitrogens with one attached hydrogen (secondary N) is 11. The van der Waals surface area contributed by atoms with E-state index in [0.717, 1.165) is 23.7 Å². The minimum Gasteiger partial charge on any atom is -0.376 e. The number of carbonyl (C=O) groups excluding carboxylic acids is 8. The topological polar surface area (TPSA) is 438 Å². The number of aliphatic imine (C=N–C) groups is 2. The third-order valence-corrected chi connectivity index (χ3v) is 13.5. The number of hydrogen-bond donors (Lipinski definition) is 16. The number of aliphatic hydroxyl groups excluding tert-OH is 1. The lowest BCUT2D eigenvalue weighted by molar-refractivity contribution is -0.135. The summed E-state index contributed by atoms with van der Waals surface area (Å²) in [5.74, 6) is -5.74. The number of rotatable bonds is 19. The maximum Gasteiger partial charge on any atom is 0.243 e. The second kappa shape index (κ2) is 30.5. The van der Waals surface area contributed by atoms with Crippen molar-refractivity contribution < 1.29 is 43.5 Å². The van der Waals surface area contributed by atoms with Crippen LogP contribution < -0.4 is 70.8 Å². The van der Waals surface area contributed by atoms with E-state index in [2.05, 4.69) is 72.8 Å². The first-order valence-corrected chi connectivity index (χ1v) is 26.9. The highest BCUT2D eigenvalue weighted by atomic mass is 16.3. The Morgan fingerprint density at radius 2 is 1.43 bits per heavy atom. The Kier molecular flexibility index (Phi) is 23.1. The fourth-order valence-electron chi connectivity index (χ4n) is 9.14. The van der Waals surface area contributed by atoms with Gasteiger partial charge in [-0.15, -0.1) is 0 Å². The van der Waals surface area contributed by atoms with Crippen molar-refractivity contribution in [1.82, 2.24) is 62.8 Å². The number of hydrogen-bond acceptors (Lipinski definition) is 13. The van der Waals surface area contributed by atoms with E-state index in [9.17, 15) is 43.5 Å². The summed E-state index contributed by atoms with van der Waals surface area (Å²) in [6.07, 6.45) is 4.47. The summed E-state index contributed by atoms with van der Waals surface area (Å²) < 4.78 is 0. The molecule has 2 aromatic heterocycles. The highest BCUT2D eigenvalue weighted by molar-refractivity contribution is 5.96. The second-order valence-electron chi connectivity index (χ2n) is 20.0. The van der Waals surface area contributed by atoms with E-state index in [4.69, 9.17) is 22.9 Å². The first kappa shape index (κ1) is 60.6. The number of guanidine groups is 2. The lowest BCUT2D eigenvalue weighted by Gasteiger charge is -2.31. The van der Waals surface area contributed by atoms with Gasteiger partial charge in [0.2, 0.25) is 47.3 Å². The summed E-state index contributed by atoms with van der Waals surface area (Å²) in [5, 5.41) is 38.4. The number of benzene rings is 2. The van der Waals surface area contributed by atoms with Crippen LogP contribution in [0, 0.1) is 0 Å². The normalized spacial score (nSPS) is 22.4. The zero-order chi connectivity index (χ0) is 57.6. The Morgan fingerprint density at radius 1 is 0.750 bits per heavy atom. The number of imidazole rings is 1. The Labute approximate surface area is 462 Å². The molecule has 2 aromatic carbocycles.